The molecule has 1 unspecified atom stereocenters. The summed E-state index contributed by atoms with van der Waals surface area (Å²) >= 11 is 0. The van der Waals surface area contributed by atoms with E-state index < -0.39 is 16.6 Å². The predicted molar refractivity (Wildman–Crippen MR) is 69.9 cm³/mol. The number of hydrogen-bond donors (Lipinski definition) is 1. The Hall–Kier alpha value is -2.26. The maximum absolute atomic E-state index is 13.2. The van der Waals surface area contributed by atoms with Crippen LogP contribution >= 0.6 is 0 Å². The van der Waals surface area contributed by atoms with E-state index in [0.29, 0.717) is 16.3 Å². The first-order valence-corrected chi connectivity index (χ1v) is 6.71. The minimum absolute atomic E-state index is 0.0662. The molecule has 0 aliphatic carbocycles. The summed E-state index contributed by atoms with van der Waals surface area (Å²) in [6, 6.07) is 9.08. The average Bonchev–Trinajstić information content (AvgIpc) is 2.41. The Morgan fingerprint density at radius 1 is 1.42 bits per heavy atom. The summed E-state index contributed by atoms with van der Waals surface area (Å²) in [6.07, 6.45) is 1.51. The summed E-state index contributed by atoms with van der Waals surface area (Å²) in [4.78, 5) is 3.97. The first-order chi connectivity index (χ1) is 9.11. The number of nitrogens with zero attached hydrogens (tertiary/aromatic N) is 2. The largest absolute Gasteiger partial charge is 0.396 e. The fraction of sp³-hybridized carbons (Fsp3) is 0.0769. The van der Waals surface area contributed by atoms with Gasteiger partial charge in [-0.15, -0.1) is 0 Å². The number of rotatable bonds is 3. The van der Waals surface area contributed by atoms with Crippen molar-refractivity contribution in [2.24, 2.45) is 0 Å². The van der Waals surface area contributed by atoms with Gasteiger partial charge in [0, 0.05) is 6.20 Å². The SMILES string of the molecule is N#Cc1cc(CS(=O)c2ncccc2N)ccc1F. The lowest BCUT2D eigenvalue weighted by Crippen LogP contribution is -2.03. The highest BCUT2D eigenvalue weighted by Crippen LogP contribution is 2.17. The van der Waals surface area contributed by atoms with Gasteiger partial charge in [0.1, 0.15) is 16.9 Å². The number of anilines is 1. The molecule has 96 valence electrons. The summed E-state index contributed by atoms with van der Waals surface area (Å²) in [6.45, 7) is 0. The van der Waals surface area contributed by atoms with Crippen LogP contribution in [-0.2, 0) is 16.6 Å². The van der Waals surface area contributed by atoms with Crippen molar-refractivity contribution in [3.63, 3.8) is 0 Å². The Morgan fingerprint density at radius 2 is 2.21 bits per heavy atom. The van der Waals surface area contributed by atoms with Crippen molar-refractivity contribution in [1.82, 2.24) is 4.98 Å². The highest BCUT2D eigenvalue weighted by molar-refractivity contribution is 7.84. The van der Waals surface area contributed by atoms with Gasteiger partial charge in [0.25, 0.3) is 0 Å². The molecule has 0 bridgehead atoms. The second kappa shape index (κ2) is 5.59. The summed E-state index contributed by atoms with van der Waals surface area (Å²) in [5.41, 5.74) is 6.57. The molecule has 0 radical (unpaired) electrons. The molecular weight excluding hydrogens is 265 g/mol. The Kier molecular flexibility index (Phi) is 3.88. The normalized spacial score (nSPS) is 11.8. The number of nitrogen functional groups attached to an aromatic ring is 1. The second-order valence-electron chi connectivity index (χ2n) is 3.81. The van der Waals surface area contributed by atoms with Crippen molar-refractivity contribution >= 4 is 16.5 Å². The Labute approximate surface area is 112 Å². The maximum atomic E-state index is 13.2. The van der Waals surface area contributed by atoms with Crippen molar-refractivity contribution in [2.75, 3.05) is 5.73 Å². The first kappa shape index (κ1) is 13.2. The lowest BCUT2D eigenvalue weighted by Gasteiger charge is -2.05. The van der Waals surface area contributed by atoms with E-state index >= 15 is 0 Å². The molecule has 1 heterocycles. The number of pyridine rings is 1. The van der Waals surface area contributed by atoms with Crippen LogP contribution in [0.1, 0.15) is 11.1 Å². The number of nitrogens with two attached hydrogens (primary N) is 1. The second-order valence-corrected chi connectivity index (χ2v) is 5.18. The third-order valence-electron chi connectivity index (χ3n) is 2.47. The molecule has 6 heteroatoms. The van der Waals surface area contributed by atoms with Crippen LogP contribution in [0.25, 0.3) is 0 Å². The van der Waals surface area contributed by atoms with E-state index in [1.807, 2.05) is 0 Å². The Morgan fingerprint density at radius 3 is 2.89 bits per heavy atom. The predicted octanol–water partition coefficient (Wildman–Crippen LogP) is 1.98. The number of aromatic nitrogens is 1. The maximum Gasteiger partial charge on any atom is 0.150 e. The van der Waals surface area contributed by atoms with E-state index in [1.165, 1.54) is 24.4 Å². The van der Waals surface area contributed by atoms with Crippen molar-refractivity contribution in [3.8, 4) is 6.07 Å². The van der Waals surface area contributed by atoms with E-state index in [9.17, 15) is 8.60 Å². The van der Waals surface area contributed by atoms with Gasteiger partial charge in [-0.2, -0.15) is 5.26 Å². The van der Waals surface area contributed by atoms with Gasteiger partial charge < -0.3 is 5.73 Å². The molecule has 1 aromatic carbocycles. The standard InChI is InChI=1S/C13H10FN3OS/c14-11-4-3-9(6-10(11)7-15)8-19(18)13-12(16)2-1-5-17-13/h1-6H,8,16H2. The molecule has 0 spiro atoms. The molecule has 0 amide bonds. The van der Waals surface area contributed by atoms with Crippen LogP contribution < -0.4 is 5.73 Å². The highest BCUT2D eigenvalue weighted by atomic mass is 32.2. The van der Waals surface area contributed by atoms with Crippen LogP contribution in [0.2, 0.25) is 0 Å². The zero-order chi connectivity index (χ0) is 13.8. The average molecular weight is 275 g/mol. The summed E-state index contributed by atoms with van der Waals surface area (Å²) in [7, 11) is -1.43. The van der Waals surface area contributed by atoms with Gasteiger partial charge in [-0.05, 0) is 29.8 Å². The van der Waals surface area contributed by atoms with Crippen LogP contribution in [0, 0.1) is 17.1 Å². The summed E-state index contributed by atoms with van der Waals surface area (Å²) in [5.74, 6) is -0.453. The molecule has 0 saturated heterocycles. The van der Waals surface area contributed by atoms with E-state index in [0.717, 1.165) is 0 Å². The number of halogens is 1. The van der Waals surface area contributed by atoms with Gasteiger partial charge in [-0.3, -0.25) is 4.21 Å². The van der Waals surface area contributed by atoms with Crippen LogP contribution in [0.15, 0.2) is 41.6 Å². The van der Waals surface area contributed by atoms with Gasteiger partial charge in [-0.1, -0.05) is 6.07 Å². The van der Waals surface area contributed by atoms with E-state index in [-0.39, 0.29) is 11.3 Å². The minimum Gasteiger partial charge on any atom is -0.396 e. The topological polar surface area (TPSA) is 79.8 Å². The van der Waals surface area contributed by atoms with Crippen LogP contribution in [0.5, 0.6) is 0 Å². The molecule has 2 N–H and O–H groups in total. The van der Waals surface area contributed by atoms with Crippen LogP contribution in [0.4, 0.5) is 10.1 Å². The quantitative estimate of drug-likeness (QED) is 0.928. The highest BCUT2D eigenvalue weighted by Gasteiger charge is 2.11. The van der Waals surface area contributed by atoms with Gasteiger partial charge in [-0.25, -0.2) is 9.37 Å². The lowest BCUT2D eigenvalue weighted by atomic mass is 10.1. The first-order valence-electron chi connectivity index (χ1n) is 5.39. The molecule has 4 nitrogen and oxygen atoms in total. The molecule has 1 aromatic heterocycles. The zero-order valence-corrected chi connectivity index (χ0v) is 10.7. The van der Waals surface area contributed by atoms with Gasteiger partial charge >= 0.3 is 0 Å². The molecule has 1 atom stereocenters. The number of hydrogen-bond acceptors (Lipinski definition) is 4. The van der Waals surface area contributed by atoms with E-state index in [4.69, 9.17) is 11.0 Å². The monoisotopic (exact) mass is 275 g/mol. The zero-order valence-electron chi connectivity index (χ0n) is 9.84. The summed E-state index contributed by atoms with van der Waals surface area (Å²) in [5, 5.41) is 9.04. The van der Waals surface area contributed by atoms with Crippen LogP contribution in [0.3, 0.4) is 0 Å². The summed E-state index contributed by atoms with van der Waals surface area (Å²) < 4.78 is 25.3. The van der Waals surface area contributed by atoms with Crippen molar-refractivity contribution < 1.29 is 8.60 Å². The van der Waals surface area contributed by atoms with Crippen molar-refractivity contribution in [2.45, 2.75) is 10.8 Å². The molecule has 0 aliphatic rings. The molecule has 0 aliphatic heterocycles. The lowest BCUT2D eigenvalue weighted by molar-refractivity contribution is 0.623. The van der Waals surface area contributed by atoms with E-state index in [1.54, 1.807) is 18.2 Å². The third kappa shape index (κ3) is 2.95. The third-order valence-corrected chi connectivity index (χ3v) is 3.83. The van der Waals surface area contributed by atoms with E-state index in [2.05, 4.69) is 4.98 Å². The fourth-order valence-electron chi connectivity index (χ4n) is 1.56. The molecule has 19 heavy (non-hydrogen) atoms. The minimum atomic E-state index is -1.43. The Bertz CT molecular complexity index is 682. The van der Waals surface area contributed by atoms with Crippen molar-refractivity contribution in [3.05, 3.63) is 53.5 Å². The molecule has 0 fully saturated rings. The molecule has 0 saturated carbocycles. The van der Waals surface area contributed by atoms with Crippen LogP contribution in [-0.4, -0.2) is 9.19 Å². The Balaban J connectivity index is 2.25. The van der Waals surface area contributed by atoms with Crippen molar-refractivity contribution in [1.29, 1.82) is 5.26 Å². The van der Waals surface area contributed by atoms with Gasteiger partial charge in [0.05, 0.1) is 27.8 Å². The molecular formula is C13H10FN3OS. The molecule has 2 aromatic rings. The number of nitriles is 1. The van der Waals surface area contributed by atoms with Gasteiger partial charge in [0.15, 0.2) is 0 Å². The fourth-order valence-corrected chi connectivity index (χ4v) is 2.69. The molecule has 2 rings (SSSR count). The number of benzene rings is 1. The van der Waals surface area contributed by atoms with Gasteiger partial charge in [0.2, 0.25) is 0 Å². The smallest absolute Gasteiger partial charge is 0.150 e.